The van der Waals surface area contributed by atoms with Crippen LogP contribution in [0, 0.1) is 10.1 Å². The number of nitrogens with zero attached hydrogens (tertiary/aromatic N) is 1. The van der Waals surface area contributed by atoms with Crippen molar-refractivity contribution in [2.24, 2.45) is 0 Å². The fourth-order valence-electron chi connectivity index (χ4n) is 1.78. The highest BCUT2D eigenvalue weighted by atomic mass is 32.1. The van der Waals surface area contributed by atoms with Gasteiger partial charge < -0.3 is 4.52 Å². The van der Waals surface area contributed by atoms with Crippen LogP contribution in [0.3, 0.4) is 0 Å². The zero-order valence-corrected chi connectivity index (χ0v) is 13.5. The summed E-state index contributed by atoms with van der Waals surface area (Å²) in [5.41, 5.74) is -0.0758. The van der Waals surface area contributed by atoms with Gasteiger partial charge in [0.15, 0.2) is 0 Å². The standard InChI is InChI=1S/C14H14NO5PS/c1-2-19-21(18,13-5-3-4-6-14(13)22)20-12-9-7-11(8-10-12)15(16)17/h3-10,22H,2H2,1H3. The first-order valence-corrected chi connectivity index (χ1v) is 8.42. The van der Waals surface area contributed by atoms with Gasteiger partial charge in [-0.25, -0.2) is 4.57 Å². The highest BCUT2D eigenvalue weighted by Gasteiger charge is 2.31. The van der Waals surface area contributed by atoms with Gasteiger partial charge in [-0.3, -0.25) is 14.6 Å². The molecule has 6 nitrogen and oxygen atoms in total. The van der Waals surface area contributed by atoms with Crippen LogP contribution >= 0.6 is 20.2 Å². The van der Waals surface area contributed by atoms with Crippen LogP contribution in [-0.4, -0.2) is 11.5 Å². The summed E-state index contributed by atoms with van der Waals surface area (Å²) in [6.07, 6.45) is 0. The van der Waals surface area contributed by atoms with Gasteiger partial charge in [0.05, 0.1) is 16.8 Å². The van der Waals surface area contributed by atoms with Crippen molar-refractivity contribution in [2.45, 2.75) is 11.8 Å². The SMILES string of the molecule is CCOP(=O)(Oc1ccc([N+](=O)[O-])cc1)c1ccccc1S. The minimum atomic E-state index is -3.62. The van der Waals surface area contributed by atoms with Crippen molar-refractivity contribution in [2.75, 3.05) is 6.61 Å². The van der Waals surface area contributed by atoms with E-state index >= 15 is 0 Å². The fourth-order valence-corrected chi connectivity index (χ4v) is 3.96. The average Bonchev–Trinajstić information content (AvgIpc) is 2.48. The molecule has 0 heterocycles. The van der Waals surface area contributed by atoms with Crippen molar-refractivity contribution in [3.8, 4) is 5.75 Å². The summed E-state index contributed by atoms with van der Waals surface area (Å²) in [6, 6.07) is 12.1. The number of hydrogen-bond acceptors (Lipinski definition) is 6. The molecule has 2 aromatic carbocycles. The summed E-state index contributed by atoms with van der Waals surface area (Å²) in [7, 11) is -3.62. The Morgan fingerprint density at radius 3 is 2.36 bits per heavy atom. The molecule has 0 amide bonds. The molecule has 22 heavy (non-hydrogen) atoms. The first-order chi connectivity index (χ1) is 10.5. The summed E-state index contributed by atoms with van der Waals surface area (Å²) in [6.45, 7) is 1.89. The smallest absolute Gasteiger partial charge is 0.411 e. The van der Waals surface area contributed by atoms with E-state index < -0.39 is 12.5 Å². The van der Waals surface area contributed by atoms with Gasteiger partial charge in [-0.1, -0.05) is 12.1 Å². The number of benzene rings is 2. The van der Waals surface area contributed by atoms with Gasteiger partial charge in [0.1, 0.15) is 5.75 Å². The average molecular weight is 339 g/mol. The third-order valence-corrected chi connectivity index (χ3v) is 5.34. The van der Waals surface area contributed by atoms with Crippen LogP contribution in [0.25, 0.3) is 0 Å². The zero-order chi connectivity index (χ0) is 16.2. The largest absolute Gasteiger partial charge is 0.421 e. The van der Waals surface area contributed by atoms with Gasteiger partial charge in [-0.15, -0.1) is 12.6 Å². The lowest BCUT2D eigenvalue weighted by Crippen LogP contribution is -2.14. The van der Waals surface area contributed by atoms with Crippen molar-refractivity contribution in [3.63, 3.8) is 0 Å². The van der Waals surface area contributed by atoms with E-state index in [1.54, 1.807) is 31.2 Å². The van der Waals surface area contributed by atoms with E-state index in [2.05, 4.69) is 12.6 Å². The van der Waals surface area contributed by atoms with Crippen molar-refractivity contribution < 1.29 is 18.5 Å². The van der Waals surface area contributed by atoms with Crippen LogP contribution in [0.1, 0.15) is 6.92 Å². The molecule has 116 valence electrons. The Bertz CT molecular complexity index is 719. The number of non-ortho nitro benzene ring substituents is 1. The lowest BCUT2D eigenvalue weighted by Gasteiger charge is -2.20. The molecular weight excluding hydrogens is 325 g/mol. The topological polar surface area (TPSA) is 78.7 Å². The summed E-state index contributed by atoms with van der Waals surface area (Å²) in [4.78, 5) is 10.6. The molecule has 0 N–H and O–H groups in total. The number of nitro groups is 1. The molecule has 0 aromatic heterocycles. The summed E-state index contributed by atoms with van der Waals surface area (Å²) in [5.74, 6) is 0.221. The van der Waals surface area contributed by atoms with E-state index in [0.29, 0.717) is 10.2 Å². The van der Waals surface area contributed by atoms with Gasteiger partial charge in [0.25, 0.3) is 5.69 Å². The highest BCUT2D eigenvalue weighted by molar-refractivity contribution is 7.81. The number of rotatable bonds is 6. The number of nitro benzene ring substituents is 1. The van der Waals surface area contributed by atoms with Crippen LogP contribution < -0.4 is 9.83 Å². The van der Waals surface area contributed by atoms with Crippen LogP contribution in [0.5, 0.6) is 5.75 Å². The lowest BCUT2D eigenvalue weighted by molar-refractivity contribution is -0.384. The normalized spacial score (nSPS) is 13.4. The molecule has 0 aliphatic carbocycles. The summed E-state index contributed by atoms with van der Waals surface area (Å²) >= 11 is 4.27. The highest BCUT2D eigenvalue weighted by Crippen LogP contribution is 2.48. The quantitative estimate of drug-likeness (QED) is 0.375. The van der Waals surface area contributed by atoms with Crippen molar-refractivity contribution in [1.29, 1.82) is 0 Å². The zero-order valence-electron chi connectivity index (χ0n) is 11.7. The van der Waals surface area contributed by atoms with E-state index in [1.807, 2.05) is 0 Å². The number of hydrogen-bond donors (Lipinski definition) is 1. The molecule has 0 fully saturated rings. The lowest BCUT2D eigenvalue weighted by atomic mass is 10.3. The van der Waals surface area contributed by atoms with Crippen LogP contribution in [0.4, 0.5) is 5.69 Å². The van der Waals surface area contributed by atoms with Gasteiger partial charge in [-0.05, 0) is 31.2 Å². The molecule has 0 saturated heterocycles. The van der Waals surface area contributed by atoms with E-state index in [0.717, 1.165) is 0 Å². The minimum absolute atomic E-state index is 0.0758. The maximum atomic E-state index is 13.0. The molecule has 0 aliphatic heterocycles. The third-order valence-electron chi connectivity index (χ3n) is 2.75. The van der Waals surface area contributed by atoms with Crippen molar-refractivity contribution in [3.05, 3.63) is 58.6 Å². The molecule has 0 bridgehead atoms. The van der Waals surface area contributed by atoms with Gasteiger partial charge in [-0.2, -0.15) is 0 Å². The van der Waals surface area contributed by atoms with E-state index in [1.165, 1.54) is 24.3 Å². The predicted octanol–water partition coefficient (Wildman–Crippen LogP) is 3.82. The number of thiol groups is 1. The molecule has 0 saturated carbocycles. The Hall–Kier alpha value is -1.82. The second-order valence-corrected chi connectivity index (χ2v) is 6.65. The van der Waals surface area contributed by atoms with Crippen LogP contribution in [0.2, 0.25) is 0 Å². The van der Waals surface area contributed by atoms with Crippen LogP contribution in [0.15, 0.2) is 53.4 Å². The Labute approximate surface area is 133 Å². The first kappa shape index (κ1) is 16.5. The molecule has 0 spiro atoms. The molecule has 2 rings (SSSR count). The monoisotopic (exact) mass is 339 g/mol. The summed E-state index contributed by atoms with van der Waals surface area (Å²) < 4.78 is 23.8. The first-order valence-electron chi connectivity index (χ1n) is 6.43. The molecule has 1 atom stereocenters. The molecule has 0 radical (unpaired) electrons. The molecule has 2 aromatic rings. The Kier molecular flexibility index (Phi) is 5.24. The Morgan fingerprint density at radius 2 is 1.82 bits per heavy atom. The second-order valence-electron chi connectivity index (χ2n) is 4.25. The predicted molar refractivity (Wildman–Crippen MR) is 86.3 cm³/mol. The second kappa shape index (κ2) is 6.96. The maximum absolute atomic E-state index is 13.0. The fraction of sp³-hybridized carbons (Fsp3) is 0.143. The minimum Gasteiger partial charge on any atom is -0.421 e. The van der Waals surface area contributed by atoms with Crippen molar-refractivity contribution >= 4 is 31.2 Å². The molecule has 1 unspecified atom stereocenters. The van der Waals surface area contributed by atoms with E-state index in [-0.39, 0.29) is 18.0 Å². The maximum Gasteiger partial charge on any atom is 0.411 e. The van der Waals surface area contributed by atoms with E-state index in [9.17, 15) is 14.7 Å². The van der Waals surface area contributed by atoms with Crippen molar-refractivity contribution in [1.82, 2.24) is 0 Å². The van der Waals surface area contributed by atoms with E-state index in [4.69, 9.17) is 9.05 Å². The van der Waals surface area contributed by atoms with Gasteiger partial charge in [0.2, 0.25) is 0 Å². The van der Waals surface area contributed by atoms with Gasteiger partial charge >= 0.3 is 7.60 Å². The Morgan fingerprint density at radius 1 is 1.18 bits per heavy atom. The molecular formula is C14H14NO5PS. The van der Waals surface area contributed by atoms with Gasteiger partial charge in [0, 0.05) is 17.0 Å². The Balaban J connectivity index is 2.34. The molecule has 0 aliphatic rings. The summed E-state index contributed by atoms with van der Waals surface area (Å²) in [5, 5.41) is 11.0. The van der Waals surface area contributed by atoms with Crippen LogP contribution in [-0.2, 0) is 9.09 Å². The molecule has 8 heteroatoms. The third kappa shape index (κ3) is 3.68.